The van der Waals surface area contributed by atoms with Gasteiger partial charge < -0.3 is 10.1 Å². The minimum Gasteiger partial charge on any atom is -0.444 e. The largest absolute Gasteiger partial charge is 0.444 e. The van der Waals surface area contributed by atoms with E-state index in [4.69, 9.17) is 4.74 Å². The number of ketones is 1. The maximum atomic E-state index is 12.3. The normalized spacial score (nSPS) is 27.5. The molecule has 4 nitrogen and oxygen atoms in total. The van der Waals surface area contributed by atoms with Gasteiger partial charge in [0.1, 0.15) is 5.60 Å². The molecule has 0 heterocycles. The molecule has 0 aliphatic heterocycles. The van der Waals surface area contributed by atoms with Crippen LogP contribution in [0.15, 0.2) is 24.3 Å². The van der Waals surface area contributed by atoms with Gasteiger partial charge in [-0.25, -0.2) is 4.79 Å². The van der Waals surface area contributed by atoms with Crippen LogP contribution in [0.1, 0.15) is 47.0 Å². The van der Waals surface area contributed by atoms with Gasteiger partial charge in [0.05, 0.1) is 6.04 Å². The topological polar surface area (TPSA) is 55.4 Å². The number of allylic oxidation sites excluding steroid dienone is 2. The number of amides is 1. The minimum absolute atomic E-state index is 0.0990. The lowest BCUT2D eigenvalue weighted by molar-refractivity contribution is -0.117. The van der Waals surface area contributed by atoms with E-state index in [1.54, 1.807) is 6.92 Å². The highest BCUT2D eigenvalue weighted by Gasteiger charge is 2.38. The average molecular weight is 305 g/mol. The summed E-state index contributed by atoms with van der Waals surface area (Å²) in [5.41, 5.74) is -0.0998. The second-order valence-corrected chi connectivity index (χ2v) is 7.63. The lowest BCUT2D eigenvalue weighted by Crippen LogP contribution is -2.44. The highest BCUT2D eigenvalue weighted by Crippen LogP contribution is 2.45. The molecule has 1 N–H and O–H groups in total. The molecule has 0 aromatic carbocycles. The SMILES string of the molecule is C=C(C)C(=O)[C@H](CC1C[C@H]2C=C[C@H]2C1)NC(=O)OC(C)(C)C. The monoisotopic (exact) mass is 305 g/mol. The molecule has 0 spiro atoms. The summed E-state index contributed by atoms with van der Waals surface area (Å²) in [5.74, 6) is 1.71. The van der Waals surface area contributed by atoms with E-state index in [-0.39, 0.29) is 5.78 Å². The Morgan fingerprint density at radius 2 is 1.82 bits per heavy atom. The molecule has 2 rings (SSSR count). The Labute approximate surface area is 133 Å². The third-order valence-electron chi connectivity index (χ3n) is 4.36. The highest BCUT2D eigenvalue weighted by atomic mass is 16.6. The van der Waals surface area contributed by atoms with Crippen LogP contribution in [0.2, 0.25) is 0 Å². The predicted molar refractivity (Wildman–Crippen MR) is 86.4 cm³/mol. The maximum Gasteiger partial charge on any atom is 0.408 e. The molecule has 4 atom stereocenters. The number of rotatable bonds is 5. The van der Waals surface area contributed by atoms with E-state index in [0.29, 0.717) is 29.7 Å². The first-order valence-electron chi connectivity index (χ1n) is 8.03. The Morgan fingerprint density at radius 3 is 2.23 bits per heavy atom. The summed E-state index contributed by atoms with van der Waals surface area (Å²) in [7, 11) is 0. The number of Topliss-reactive ketones (excluding diaryl/α,β-unsaturated/α-hetero) is 1. The standard InChI is InChI=1S/C18H27NO3/c1-11(2)16(20)15(19-17(21)22-18(3,4)5)10-12-8-13-6-7-14(13)9-12/h6-7,12-15H,1,8-10H2,2-5H3,(H,19,21)/t12?,13-,14+,15-/m0/s1. The third-order valence-corrected chi connectivity index (χ3v) is 4.36. The Hall–Kier alpha value is -1.58. The van der Waals surface area contributed by atoms with Gasteiger partial charge in [0.2, 0.25) is 0 Å². The van der Waals surface area contributed by atoms with E-state index < -0.39 is 17.7 Å². The summed E-state index contributed by atoms with van der Waals surface area (Å²) in [5, 5.41) is 2.74. The van der Waals surface area contributed by atoms with Gasteiger partial charge in [0, 0.05) is 0 Å². The van der Waals surface area contributed by atoms with Gasteiger partial charge in [-0.2, -0.15) is 0 Å². The molecular weight excluding hydrogens is 278 g/mol. The van der Waals surface area contributed by atoms with Crippen LogP contribution >= 0.6 is 0 Å². The van der Waals surface area contributed by atoms with E-state index >= 15 is 0 Å². The molecule has 0 saturated heterocycles. The van der Waals surface area contributed by atoms with Crippen molar-refractivity contribution in [2.75, 3.05) is 0 Å². The van der Waals surface area contributed by atoms with Crippen molar-refractivity contribution in [3.63, 3.8) is 0 Å². The first kappa shape index (κ1) is 16.8. The Morgan fingerprint density at radius 1 is 1.27 bits per heavy atom. The van der Waals surface area contributed by atoms with Crippen LogP contribution in [0, 0.1) is 17.8 Å². The highest BCUT2D eigenvalue weighted by molar-refractivity contribution is 5.99. The first-order chi connectivity index (χ1) is 10.2. The molecule has 4 heteroatoms. The van der Waals surface area contributed by atoms with Gasteiger partial charge in [-0.15, -0.1) is 0 Å². The van der Waals surface area contributed by atoms with Gasteiger partial charge >= 0.3 is 6.09 Å². The van der Waals surface area contributed by atoms with Crippen LogP contribution in [0.3, 0.4) is 0 Å². The van der Waals surface area contributed by atoms with Crippen molar-refractivity contribution >= 4 is 11.9 Å². The summed E-state index contributed by atoms with van der Waals surface area (Å²) in [4.78, 5) is 24.3. The molecule has 122 valence electrons. The molecule has 1 amide bonds. The number of carbonyl (C=O) groups excluding carboxylic acids is 2. The van der Waals surface area contributed by atoms with Crippen LogP contribution in [-0.2, 0) is 9.53 Å². The second kappa shape index (κ2) is 6.27. The Balaban J connectivity index is 1.95. The molecule has 1 unspecified atom stereocenters. The summed E-state index contributed by atoms with van der Waals surface area (Å²) in [6, 6.07) is -0.533. The molecule has 0 radical (unpaired) electrons. The van der Waals surface area contributed by atoms with E-state index in [1.165, 1.54) is 0 Å². The smallest absolute Gasteiger partial charge is 0.408 e. The minimum atomic E-state index is -0.572. The van der Waals surface area contributed by atoms with Crippen molar-refractivity contribution in [1.29, 1.82) is 0 Å². The van der Waals surface area contributed by atoms with Crippen molar-refractivity contribution in [3.8, 4) is 0 Å². The summed E-state index contributed by atoms with van der Waals surface area (Å²) in [6.45, 7) is 10.8. The number of nitrogens with one attached hydrogen (secondary N) is 1. The fraction of sp³-hybridized carbons (Fsp3) is 0.667. The molecule has 0 aromatic rings. The van der Waals surface area contributed by atoms with Crippen LogP contribution in [0.4, 0.5) is 4.79 Å². The molecule has 2 aliphatic carbocycles. The molecule has 0 bridgehead atoms. The Kier molecular flexibility index (Phi) is 4.78. The van der Waals surface area contributed by atoms with Crippen LogP contribution < -0.4 is 5.32 Å². The van der Waals surface area contributed by atoms with E-state index in [0.717, 1.165) is 12.8 Å². The zero-order chi connectivity index (χ0) is 16.5. The van der Waals surface area contributed by atoms with Crippen molar-refractivity contribution in [2.24, 2.45) is 17.8 Å². The predicted octanol–water partition coefficient (Wildman–Crippen LogP) is 3.63. The molecule has 1 saturated carbocycles. The van der Waals surface area contributed by atoms with Crippen molar-refractivity contribution in [1.82, 2.24) is 5.32 Å². The van der Waals surface area contributed by atoms with Crippen molar-refractivity contribution in [3.05, 3.63) is 24.3 Å². The van der Waals surface area contributed by atoms with Gasteiger partial charge in [-0.3, -0.25) is 4.79 Å². The second-order valence-electron chi connectivity index (χ2n) is 7.63. The number of ether oxygens (including phenoxy) is 1. The number of hydrogen-bond acceptors (Lipinski definition) is 3. The van der Waals surface area contributed by atoms with Gasteiger partial charge in [-0.05, 0) is 70.3 Å². The third kappa shape index (κ3) is 4.21. The number of carbonyl (C=O) groups is 2. The number of alkyl carbamates (subject to hydrolysis) is 1. The average Bonchev–Trinajstić information content (AvgIpc) is 2.61. The van der Waals surface area contributed by atoms with Gasteiger partial charge in [0.15, 0.2) is 5.78 Å². The first-order valence-corrected chi connectivity index (χ1v) is 8.03. The lowest BCUT2D eigenvalue weighted by Gasteiger charge is -2.24. The quantitative estimate of drug-likeness (QED) is 0.623. The van der Waals surface area contributed by atoms with Gasteiger partial charge in [-0.1, -0.05) is 18.7 Å². The van der Waals surface area contributed by atoms with Crippen LogP contribution in [0.5, 0.6) is 0 Å². The summed E-state index contributed by atoms with van der Waals surface area (Å²) >= 11 is 0. The van der Waals surface area contributed by atoms with Gasteiger partial charge in [0.25, 0.3) is 0 Å². The van der Waals surface area contributed by atoms with Crippen LogP contribution in [-0.4, -0.2) is 23.5 Å². The van der Waals surface area contributed by atoms with Crippen molar-refractivity contribution in [2.45, 2.75) is 58.6 Å². The number of hydrogen-bond donors (Lipinski definition) is 1. The molecule has 0 aromatic heterocycles. The van der Waals surface area contributed by atoms with Crippen molar-refractivity contribution < 1.29 is 14.3 Å². The van der Waals surface area contributed by atoms with E-state index in [1.807, 2.05) is 20.8 Å². The lowest BCUT2D eigenvalue weighted by atomic mass is 9.86. The van der Waals surface area contributed by atoms with Crippen LogP contribution in [0.25, 0.3) is 0 Å². The summed E-state index contributed by atoms with van der Waals surface area (Å²) in [6.07, 6.45) is 6.85. The fourth-order valence-corrected chi connectivity index (χ4v) is 3.30. The van der Waals surface area contributed by atoms with E-state index in [2.05, 4.69) is 24.0 Å². The van der Waals surface area contributed by atoms with E-state index in [9.17, 15) is 9.59 Å². The molecule has 1 fully saturated rings. The Bertz CT molecular complexity index is 487. The molecule has 2 aliphatic rings. The zero-order valence-electron chi connectivity index (χ0n) is 14.0. The maximum absolute atomic E-state index is 12.3. The molecular formula is C18H27NO3. The number of fused-ring (bicyclic) bond motifs is 1. The molecule has 22 heavy (non-hydrogen) atoms. The summed E-state index contributed by atoms with van der Waals surface area (Å²) < 4.78 is 5.27. The zero-order valence-corrected chi connectivity index (χ0v) is 14.0. The fourth-order valence-electron chi connectivity index (χ4n) is 3.30.